The van der Waals surface area contributed by atoms with Crippen LogP contribution in [0.15, 0.2) is 42.0 Å². The van der Waals surface area contributed by atoms with Gasteiger partial charge in [-0.2, -0.15) is 0 Å². The summed E-state index contributed by atoms with van der Waals surface area (Å²) in [6.07, 6.45) is 0.0419. The van der Waals surface area contributed by atoms with E-state index in [1.165, 1.54) is 6.08 Å². The molecular weight excluding hydrogens is 375 g/mol. The Bertz CT molecular complexity index is 812. The van der Waals surface area contributed by atoms with Gasteiger partial charge in [-0.25, -0.2) is 4.79 Å². The maximum Gasteiger partial charge on any atom is 0.345 e. The summed E-state index contributed by atoms with van der Waals surface area (Å²) in [4.78, 5) is 12.4. The summed E-state index contributed by atoms with van der Waals surface area (Å²) in [5.74, 6) is -0.0130. The van der Waals surface area contributed by atoms with Gasteiger partial charge in [-0.3, -0.25) is 0 Å². The van der Waals surface area contributed by atoms with E-state index < -0.39 is 12.3 Å². The third-order valence-electron chi connectivity index (χ3n) is 3.39. The Morgan fingerprint density at radius 2 is 1.92 bits per heavy atom. The second-order valence-electron chi connectivity index (χ2n) is 5.02. The first kappa shape index (κ1) is 17.1. The molecule has 2 aromatic carbocycles. The summed E-state index contributed by atoms with van der Waals surface area (Å²) in [5, 5.41) is 10.4. The monoisotopic (exact) mass is 384 g/mol. The van der Waals surface area contributed by atoms with Crippen molar-refractivity contribution in [2.75, 3.05) is 0 Å². The lowest BCUT2D eigenvalue weighted by molar-refractivity contribution is -0.133. The number of aliphatic hydroxyl groups excluding tert-OH is 1. The van der Waals surface area contributed by atoms with Gasteiger partial charge in [0.15, 0.2) is 5.75 Å². The second kappa shape index (κ2) is 7.03. The number of benzene rings is 2. The van der Waals surface area contributed by atoms with Crippen LogP contribution in [0.2, 0.25) is 10.0 Å². The molecule has 1 aliphatic rings. The summed E-state index contributed by atoms with van der Waals surface area (Å²) < 4.78 is 10.6. The Labute approximate surface area is 153 Å². The topological polar surface area (TPSA) is 55.8 Å². The van der Waals surface area contributed by atoms with Crippen LogP contribution in [0.25, 0.3) is 6.08 Å². The quantitative estimate of drug-likeness (QED) is 0.482. The van der Waals surface area contributed by atoms with Gasteiger partial charge in [0, 0.05) is 11.4 Å². The summed E-state index contributed by atoms with van der Waals surface area (Å²) >= 11 is 17.8. The van der Waals surface area contributed by atoms with Crippen molar-refractivity contribution in [1.29, 1.82) is 0 Å². The van der Waals surface area contributed by atoms with E-state index in [9.17, 15) is 9.90 Å². The Kier molecular flexibility index (Phi) is 5.01. The fourth-order valence-electron chi connectivity index (χ4n) is 2.22. The number of hydrogen-bond donors (Lipinski definition) is 1. The fraction of sp³-hybridized carbons (Fsp3) is 0.118. The maximum atomic E-state index is 12.4. The van der Waals surface area contributed by atoms with Gasteiger partial charge in [0.05, 0.1) is 10.0 Å². The highest BCUT2D eigenvalue weighted by atomic mass is 35.5. The van der Waals surface area contributed by atoms with E-state index in [-0.39, 0.29) is 21.4 Å². The van der Waals surface area contributed by atoms with Gasteiger partial charge in [-0.15, -0.1) is 11.6 Å². The number of halogens is 3. The van der Waals surface area contributed by atoms with Crippen LogP contribution in [-0.4, -0.2) is 17.4 Å². The minimum Gasteiger partial charge on any atom is -0.460 e. The SMILES string of the molecule is O=C(Oc1c(Cl)cccc1Cl)C1=Cc2cc(CCl)ccc2OC1O. The molecule has 2 aromatic rings. The number of alkyl halides is 1. The van der Waals surface area contributed by atoms with E-state index in [1.807, 2.05) is 0 Å². The summed E-state index contributed by atoms with van der Waals surface area (Å²) in [6.45, 7) is 0. The van der Waals surface area contributed by atoms with Crippen LogP contribution in [-0.2, 0) is 10.7 Å². The molecule has 0 saturated heterocycles. The molecule has 0 fully saturated rings. The molecule has 1 atom stereocenters. The number of fused-ring (bicyclic) bond motifs is 1. The molecule has 1 unspecified atom stereocenters. The van der Waals surface area contributed by atoms with Gasteiger partial charge >= 0.3 is 5.97 Å². The van der Waals surface area contributed by atoms with Crippen LogP contribution in [0.5, 0.6) is 11.5 Å². The van der Waals surface area contributed by atoms with Crippen molar-refractivity contribution in [3.63, 3.8) is 0 Å². The Morgan fingerprint density at radius 3 is 2.58 bits per heavy atom. The highest BCUT2D eigenvalue weighted by molar-refractivity contribution is 6.37. The normalized spacial score (nSPS) is 16.0. The van der Waals surface area contributed by atoms with Crippen LogP contribution in [0.4, 0.5) is 0 Å². The molecule has 0 amide bonds. The molecule has 124 valence electrons. The standard InChI is InChI=1S/C17H11Cl3O4/c18-8-9-4-5-14-10(6-9)7-11(16(21)23-14)17(22)24-15-12(19)2-1-3-13(15)20/h1-7,16,21H,8H2. The summed E-state index contributed by atoms with van der Waals surface area (Å²) in [6, 6.07) is 9.94. The number of carbonyl (C=O) groups excluding carboxylic acids is 1. The third kappa shape index (κ3) is 3.37. The van der Waals surface area contributed by atoms with Crippen LogP contribution in [0.3, 0.4) is 0 Å². The van der Waals surface area contributed by atoms with Crippen molar-refractivity contribution in [2.45, 2.75) is 12.2 Å². The lowest BCUT2D eigenvalue weighted by Gasteiger charge is -2.22. The van der Waals surface area contributed by atoms with Crippen LogP contribution in [0.1, 0.15) is 11.1 Å². The van der Waals surface area contributed by atoms with Crippen LogP contribution >= 0.6 is 34.8 Å². The zero-order valence-electron chi connectivity index (χ0n) is 12.1. The maximum absolute atomic E-state index is 12.4. The van der Waals surface area contributed by atoms with Crippen molar-refractivity contribution in [3.05, 3.63) is 63.1 Å². The highest BCUT2D eigenvalue weighted by Crippen LogP contribution is 2.35. The van der Waals surface area contributed by atoms with E-state index in [1.54, 1.807) is 36.4 Å². The molecule has 1 heterocycles. The number of rotatable bonds is 3. The first-order chi connectivity index (χ1) is 11.5. The fourth-order valence-corrected chi connectivity index (χ4v) is 2.86. The Hall–Kier alpha value is -1.72. The molecule has 7 heteroatoms. The average Bonchev–Trinajstić information content (AvgIpc) is 2.57. The first-order valence-electron chi connectivity index (χ1n) is 6.91. The molecule has 0 radical (unpaired) electrons. The zero-order valence-corrected chi connectivity index (χ0v) is 14.4. The van der Waals surface area contributed by atoms with Crippen LogP contribution in [0, 0.1) is 0 Å². The summed E-state index contributed by atoms with van der Waals surface area (Å²) in [7, 11) is 0. The number of carbonyl (C=O) groups is 1. The van der Waals surface area contributed by atoms with E-state index in [4.69, 9.17) is 44.3 Å². The van der Waals surface area contributed by atoms with Gasteiger partial charge < -0.3 is 14.6 Å². The van der Waals surface area contributed by atoms with E-state index in [0.29, 0.717) is 17.2 Å². The molecule has 0 aliphatic carbocycles. The number of ether oxygens (including phenoxy) is 2. The number of para-hydroxylation sites is 1. The molecule has 0 saturated carbocycles. The minimum absolute atomic E-state index is 0.0271. The Balaban J connectivity index is 1.92. The third-order valence-corrected chi connectivity index (χ3v) is 4.30. The van der Waals surface area contributed by atoms with Crippen LogP contribution < -0.4 is 9.47 Å². The van der Waals surface area contributed by atoms with Crippen molar-refractivity contribution >= 4 is 46.8 Å². The van der Waals surface area contributed by atoms with Gasteiger partial charge in [-0.05, 0) is 35.9 Å². The van der Waals surface area contributed by atoms with E-state index in [0.717, 1.165) is 5.56 Å². The molecule has 4 nitrogen and oxygen atoms in total. The number of hydrogen-bond acceptors (Lipinski definition) is 4. The van der Waals surface area contributed by atoms with Crippen molar-refractivity contribution in [1.82, 2.24) is 0 Å². The molecule has 1 N–H and O–H groups in total. The zero-order chi connectivity index (χ0) is 17.3. The largest absolute Gasteiger partial charge is 0.460 e. The summed E-state index contributed by atoms with van der Waals surface area (Å²) in [5.41, 5.74) is 1.41. The highest BCUT2D eigenvalue weighted by Gasteiger charge is 2.28. The number of aliphatic hydroxyl groups is 1. The molecule has 1 aliphatic heterocycles. The molecule has 3 rings (SSSR count). The lowest BCUT2D eigenvalue weighted by atomic mass is 10.0. The smallest absolute Gasteiger partial charge is 0.345 e. The molecular formula is C17H11Cl3O4. The minimum atomic E-state index is -1.45. The molecule has 0 spiro atoms. The predicted molar refractivity (Wildman–Crippen MR) is 92.7 cm³/mol. The van der Waals surface area contributed by atoms with Gasteiger partial charge in [0.25, 0.3) is 0 Å². The predicted octanol–water partition coefficient (Wildman–Crippen LogP) is 4.43. The van der Waals surface area contributed by atoms with Crippen molar-refractivity contribution in [2.24, 2.45) is 0 Å². The van der Waals surface area contributed by atoms with E-state index in [2.05, 4.69) is 0 Å². The molecule has 24 heavy (non-hydrogen) atoms. The first-order valence-corrected chi connectivity index (χ1v) is 8.20. The molecule has 0 aromatic heterocycles. The van der Waals surface area contributed by atoms with Crippen molar-refractivity contribution < 1.29 is 19.4 Å². The van der Waals surface area contributed by atoms with Gasteiger partial charge in [0.2, 0.25) is 6.29 Å². The van der Waals surface area contributed by atoms with Gasteiger partial charge in [-0.1, -0.05) is 35.3 Å². The lowest BCUT2D eigenvalue weighted by Crippen LogP contribution is -2.29. The van der Waals surface area contributed by atoms with E-state index >= 15 is 0 Å². The second-order valence-corrected chi connectivity index (χ2v) is 6.10. The van der Waals surface area contributed by atoms with Crippen molar-refractivity contribution in [3.8, 4) is 11.5 Å². The molecule has 0 bridgehead atoms. The van der Waals surface area contributed by atoms with Gasteiger partial charge in [0.1, 0.15) is 11.3 Å². The average molecular weight is 386 g/mol. The number of esters is 1. The Morgan fingerprint density at radius 1 is 1.21 bits per heavy atom.